The molecule has 0 unspecified atom stereocenters. The number of hydrogen-bond acceptors (Lipinski definition) is 1. The Morgan fingerprint density at radius 2 is 1.82 bits per heavy atom. The Morgan fingerprint density at radius 3 is 2.36 bits per heavy atom. The van der Waals surface area contributed by atoms with Gasteiger partial charge in [-0.15, -0.1) is 0 Å². The Kier molecular flexibility index (Phi) is 3.19. The summed E-state index contributed by atoms with van der Waals surface area (Å²) in [6, 6.07) is 3.50. The lowest BCUT2D eigenvalue weighted by atomic mass is 10.2. The lowest BCUT2D eigenvalue weighted by Gasteiger charge is -2.02. The summed E-state index contributed by atoms with van der Waals surface area (Å²) in [7, 11) is 0. The zero-order valence-electron chi connectivity index (χ0n) is 5.57. The maximum Gasteiger partial charge on any atom is 0.0603 e. The molecule has 1 aromatic carbocycles. The molecule has 0 heterocycles. The van der Waals surface area contributed by atoms with Crippen LogP contribution >= 0.6 is 39.1 Å². The molecule has 11 heavy (non-hydrogen) atoms. The second-order valence-corrected chi connectivity index (χ2v) is 3.73. The van der Waals surface area contributed by atoms with E-state index in [-0.39, 0.29) is 0 Å². The van der Waals surface area contributed by atoms with Gasteiger partial charge in [0, 0.05) is 11.0 Å². The van der Waals surface area contributed by atoms with E-state index in [0.717, 1.165) is 10.0 Å². The first-order valence-electron chi connectivity index (χ1n) is 2.98. The second kappa shape index (κ2) is 3.76. The standard InChI is InChI=1S/C7H6BrCl2N/c8-5-2-7(10)6(9)1-4(5)3-11/h1-2H,3,11H2. The third-order valence-electron chi connectivity index (χ3n) is 1.31. The highest BCUT2D eigenvalue weighted by Crippen LogP contribution is 2.28. The monoisotopic (exact) mass is 253 g/mol. The summed E-state index contributed by atoms with van der Waals surface area (Å²) in [5, 5.41) is 1.08. The first-order chi connectivity index (χ1) is 5.15. The van der Waals surface area contributed by atoms with Crippen molar-refractivity contribution >= 4 is 39.1 Å². The third kappa shape index (κ3) is 2.09. The van der Waals surface area contributed by atoms with Crippen molar-refractivity contribution in [3.63, 3.8) is 0 Å². The van der Waals surface area contributed by atoms with Crippen LogP contribution in [0.5, 0.6) is 0 Å². The highest BCUT2D eigenvalue weighted by Gasteiger charge is 2.02. The van der Waals surface area contributed by atoms with E-state index in [9.17, 15) is 0 Å². The van der Waals surface area contributed by atoms with Crippen LogP contribution in [0.1, 0.15) is 5.56 Å². The minimum atomic E-state index is 0.456. The van der Waals surface area contributed by atoms with Crippen molar-refractivity contribution in [2.45, 2.75) is 6.54 Å². The van der Waals surface area contributed by atoms with Crippen LogP contribution in [0.4, 0.5) is 0 Å². The van der Waals surface area contributed by atoms with Crippen LogP contribution < -0.4 is 5.73 Å². The second-order valence-electron chi connectivity index (χ2n) is 2.06. The minimum absolute atomic E-state index is 0.456. The molecule has 0 spiro atoms. The number of rotatable bonds is 1. The third-order valence-corrected chi connectivity index (χ3v) is 2.77. The molecule has 0 saturated carbocycles. The van der Waals surface area contributed by atoms with Gasteiger partial charge in [-0.2, -0.15) is 0 Å². The fourth-order valence-corrected chi connectivity index (χ4v) is 1.71. The van der Waals surface area contributed by atoms with Crippen LogP contribution in [0.25, 0.3) is 0 Å². The molecule has 0 aliphatic rings. The van der Waals surface area contributed by atoms with Crippen molar-refractivity contribution in [3.8, 4) is 0 Å². The van der Waals surface area contributed by atoms with E-state index in [4.69, 9.17) is 28.9 Å². The predicted octanol–water partition coefficient (Wildman–Crippen LogP) is 3.21. The highest BCUT2D eigenvalue weighted by molar-refractivity contribution is 9.10. The summed E-state index contributed by atoms with van der Waals surface area (Å²) < 4.78 is 0.898. The number of benzene rings is 1. The van der Waals surface area contributed by atoms with Gasteiger partial charge in [-0.1, -0.05) is 39.1 Å². The van der Waals surface area contributed by atoms with Gasteiger partial charge in [0.25, 0.3) is 0 Å². The van der Waals surface area contributed by atoms with Crippen molar-refractivity contribution < 1.29 is 0 Å². The normalized spacial score (nSPS) is 10.2. The molecule has 4 heteroatoms. The molecule has 60 valence electrons. The first kappa shape index (κ1) is 9.33. The van der Waals surface area contributed by atoms with Crippen LogP contribution in [0.2, 0.25) is 10.0 Å². The number of halogens is 3. The van der Waals surface area contributed by atoms with Crippen molar-refractivity contribution in [2.75, 3.05) is 0 Å². The molecule has 2 N–H and O–H groups in total. The van der Waals surface area contributed by atoms with Crippen LogP contribution in [-0.4, -0.2) is 0 Å². The van der Waals surface area contributed by atoms with Gasteiger partial charge < -0.3 is 5.73 Å². The SMILES string of the molecule is NCc1cc(Cl)c(Cl)cc1Br. The summed E-state index contributed by atoms with van der Waals surface area (Å²) >= 11 is 14.8. The average Bonchev–Trinajstić information content (AvgIpc) is 1.97. The van der Waals surface area contributed by atoms with E-state index < -0.39 is 0 Å². The molecule has 1 aromatic rings. The molecule has 1 rings (SSSR count). The van der Waals surface area contributed by atoms with E-state index in [1.165, 1.54) is 0 Å². The van der Waals surface area contributed by atoms with Gasteiger partial charge >= 0.3 is 0 Å². The van der Waals surface area contributed by atoms with Crippen molar-refractivity contribution in [2.24, 2.45) is 5.73 Å². The Morgan fingerprint density at radius 1 is 1.27 bits per heavy atom. The maximum atomic E-state index is 5.76. The van der Waals surface area contributed by atoms with Gasteiger partial charge in [-0.25, -0.2) is 0 Å². The van der Waals surface area contributed by atoms with E-state index in [2.05, 4.69) is 15.9 Å². The van der Waals surface area contributed by atoms with Crippen molar-refractivity contribution in [1.29, 1.82) is 0 Å². The molecule has 0 radical (unpaired) electrons. The zero-order valence-corrected chi connectivity index (χ0v) is 8.67. The van der Waals surface area contributed by atoms with E-state index in [1.54, 1.807) is 12.1 Å². The molecule has 1 nitrogen and oxygen atoms in total. The lowest BCUT2D eigenvalue weighted by Crippen LogP contribution is -1.97. The first-order valence-corrected chi connectivity index (χ1v) is 4.53. The molecular weight excluding hydrogens is 249 g/mol. The average molecular weight is 255 g/mol. The molecule has 0 amide bonds. The fourth-order valence-electron chi connectivity index (χ4n) is 0.720. The van der Waals surface area contributed by atoms with Gasteiger partial charge in [0.15, 0.2) is 0 Å². The van der Waals surface area contributed by atoms with Gasteiger partial charge in [-0.05, 0) is 17.7 Å². The zero-order chi connectivity index (χ0) is 8.43. The number of nitrogens with two attached hydrogens (primary N) is 1. The molecule has 0 aromatic heterocycles. The molecule has 0 bridgehead atoms. The summed E-state index contributed by atoms with van der Waals surface area (Å²) in [4.78, 5) is 0. The minimum Gasteiger partial charge on any atom is -0.326 e. The predicted molar refractivity (Wildman–Crippen MR) is 52.1 cm³/mol. The summed E-state index contributed by atoms with van der Waals surface area (Å²) in [5.41, 5.74) is 6.40. The summed E-state index contributed by atoms with van der Waals surface area (Å²) in [5.74, 6) is 0. The maximum absolute atomic E-state index is 5.76. The Labute approximate surface area is 83.6 Å². The van der Waals surface area contributed by atoms with Gasteiger partial charge in [0.05, 0.1) is 10.0 Å². The molecule has 0 atom stereocenters. The molecule has 0 aliphatic heterocycles. The fraction of sp³-hybridized carbons (Fsp3) is 0.143. The van der Waals surface area contributed by atoms with Gasteiger partial charge in [-0.3, -0.25) is 0 Å². The molecule has 0 fully saturated rings. The quantitative estimate of drug-likeness (QED) is 0.766. The summed E-state index contributed by atoms with van der Waals surface area (Å²) in [6.45, 7) is 0.456. The van der Waals surface area contributed by atoms with E-state index in [1.807, 2.05) is 0 Å². The largest absolute Gasteiger partial charge is 0.326 e. The Balaban J connectivity index is 3.21. The van der Waals surface area contributed by atoms with Crippen molar-refractivity contribution in [1.82, 2.24) is 0 Å². The molecule has 0 saturated heterocycles. The van der Waals surface area contributed by atoms with Gasteiger partial charge in [0.1, 0.15) is 0 Å². The van der Waals surface area contributed by atoms with Crippen LogP contribution in [0.15, 0.2) is 16.6 Å². The topological polar surface area (TPSA) is 26.0 Å². The smallest absolute Gasteiger partial charge is 0.0603 e. The van der Waals surface area contributed by atoms with E-state index >= 15 is 0 Å². The molecular formula is C7H6BrCl2N. The number of hydrogen-bond donors (Lipinski definition) is 1. The summed E-state index contributed by atoms with van der Waals surface area (Å²) in [6.07, 6.45) is 0. The van der Waals surface area contributed by atoms with Crippen molar-refractivity contribution in [3.05, 3.63) is 32.2 Å². The molecule has 0 aliphatic carbocycles. The van der Waals surface area contributed by atoms with Crippen LogP contribution in [0.3, 0.4) is 0 Å². The van der Waals surface area contributed by atoms with Crippen LogP contribution in [0, 0.1) is 0 Å². The van der Waals surface area contributed by atoms with Gasteiger partial charge in [0.2, 0.25) is 0 Å². The van der Waals surface area contributed by atoms with E-state index in [0.29, 0.717) is 16.6 Å². The highest BCUT2D eigenvalue weighted by atomic mass is 79.9. The van der Waals surface area contributed by atoms with Crippen LogP contribution in [-0.2, 0) is 6.54 Å². The Hall–Kier alpha value is 0.240. The Bertz CT molecular complexity index is 275. The lowest BCUT2D eigenvalue weighted by molar-refractivity contribution is 1.06.